The highest BCUT2D eigenvalue weighted by Crippen LogP contribution is 2.29. The molecule has 0 spiro atoms. The molecule has 2 rings (SSSR count). The maximum atomic E-state index is 13.0. The lowest BCUT2D eigenvalue weighted by atomic mass is 9.82. The number of benzene rings is 1. The van der Waals surface area contributed by atoms with Crippen LogP contribution in [-0.4, -0.2) is 65.7 Å². The Balaban J connectivity index is 1.98. The third-order valence-corrected chi connectivity index (χ3v) is 10.7. The van der Waals surface area contributed by atoms with Gasteiger partial charge in [-0.2, -0.15) is 0 Å². The fourth-order valence-corrected chi connectivity index (χ4v) is 6.64. The van der Waals surface area contributed by atoms with Gasteiger partial charge < -0.3 is 20.8 Å². The van der Waals surface area contributed by atoms with Gasteiger partial charge in [-0.3, -0.25) is 9.59 Å². The molecular weight excluding hydrogens is 552 g/mol. The zero-order valence-electron chi connectivity index (χ0n) is 26.1. The van der Waals surface area contributed by atoms with Crippen molar-refractivity contribution in [2.75, 3.05) is 12.3 Å². The van der Waals surface area contributed by atoms with E-state index in [0.29, 0.717) is 25.2 Å². The van der Waals surface area contributed by atoms with Gasteiger partial charge in [0.15, 0.2) is 9.84 Å². The van der Waals surface area contributed by atoms with Crippen molar-refractivity contribution in [3.05, 3.63) is 35.9 Å². The molecule has 1 saturated carbocycles. The van der Waals surface area contributed by atoms with Gasteiger partial charge in [-0.1, -0.05) is 82.2 Å². The number of hydrogen-bond donors (Lipinski definition) is 4. The summed E-state index contributed by atoms with van der Waals surface area (Å²) in [6.45, 7) is 9.00. The summed E-state index contributed by atoms with van der Waals surface area (Å²) in [5, 5.41) is 27.0. The van der Waals surface area contributed by atoms with Crippen LogP contribution in [0.3, 0.4) is 0 Å². The van der Waals surface area contributed by atoms with Gasteiger partial charge >= 0.3 is 0 Å². The minimum atomic E-state index is -3.53. The van der Waals surface area contributed by atoms with E-state index < -0.39 is 44.7 Å². The van der Waals surface area contributed by atoms with Crippen molar-refractivity contribution in [3.63, 3.8) is 0 Å². The van der Waals surface area contributed by atoms with E-state index in [1.165, 1.54) is 6.42 Å². The highest BCUT2D eigenvalue weighted by atomic mass is 32.2. The van der Waals surface area contributed by atoms with E-state index >= 15 is 0 Å². The largest absolute Gasteiger partial charge is 0.390 e. The molecule has 4 atom stereocenters. The number of nitrogens with one attached hydrogen (secondary N) is 2. The molecule has 0 unspecified atom stereocenters. The van der Waals surface area contributed by atoms with Crippen molar-refractivity contribution in [3.8, 4) is 11.8 Å². The molecule has 1 fully saturated rings. The summed E-state index contributed by atoms with van der Waals surface area (Å²) in [5.41, 5.74) is 0.877. The number of carbonyl (C=O) groups excluding carboxylic acids is 2. The summed E-state index contributed by atoms with van der Waals surface area (Å²) in [5.74, 6) is 3.99. The molecule has 236 valence electrons. The van der Waals surface area contributed by atoms with Crippen LogP contribution in [0.25, 0.3) is 0 Å². The summed E-state index contributed by atoms with van der Waals surface area (Å²) in [6, 6.07) is 8.72. The minimum absolute atomic E-state index is 0.168. The van der Waals surface area contributed by atoms with Crippen LogP contribution in [0.2, 0.25) is 0 Å². The molecule has 0 heterocycles. The molecule has 1 aliphatic rings. The number of carbonyl (C=O) groups is 2. The first-order valence-electron chi connectivity index (χ1n) is 15.4. The van der Waals surface area contributed by atoms with E-state index in [1.54, 1.807) is 20.8 Å². The molecule has 1 aromatic carbocycles. The molecule has 1 aromatic rings. The lowest BCUT2D eigenvalue weighted by Gasteiger charge is -2.32. The summed E-state index contributed by atoms with van der Waals surface area (Å²) in [6.07, 6.45) is 5.09. The van der Waals surface area contributed by atoms with Crippen LogP contribution in [0, 0.1) is 29.6 Å². The van der Waals surface area contributed by atoms with Crippen LogP contribution in [0.5, 0.6) is 0 Å². The number of aliphatic hydroxyl groups excluding tert-OH is 2. The number of amides is 2. The normalized spacial score (nSPS) is 17.4. The zero-order valence-corrected chi connectivity index (χ0v) is 26.9. The summed E-state index contributed by atoms with van der Waals surface area (Å²) in [7, 11) is -3.53. The molecule has 0 radical (unpaired) electrons. The second kappa shape index (κ2) is 17.0. The lowest BCUT2D eigenvalue weighted by molar-refractivity contribution is -0.124. The Kier molecular flexibility index (Phi) is 14.5. The molecule has 1 aliphatic carbocycles. The Morgan fingerprint density at radius 3 is 2.29 bits per heavy atom. The quantitative estimate of drug-likeness (QED) is 0.189. The molecule has 8 nitrogen and oxygen atoms in total. The molecule has 0 saturated heterocycles. The van der Waals surface area contributed by atoms with Crippen molar-refractivity contribution in [2.24, 2.45) is 17.8 Å². The summed E-state index contributed by atoms with van der Waals surface area (Å²) < 4.78 is 24.8. The van der Waals surface area contributed by atoms with Crippen molar-refractivity contribution < 1.29 is 28.2 Å². The fraction of sp³-hybridized carbons (Fsp3) is 0.697. The van der Waals surface area contributed by atoms with E-state index in [-0.39, 0.29) is 30.5 Å². The molecule has 42 heavy (non-hydrogen) atoms. The number of hydrogen-bond acceptors (Lipinski definition) is 6. The van der Waals surface area contributed by atoms with Gasteiger partial charge in [0.25, 0.3) is 5.91 Å². The second-order valence-corrected chi connectivity index (χ2v) is 15.9. The predicted octanol–water partition coefficient (Wildman–Crippen LogP) is 3.79. The van der Waals surface area contributed by atoms with Gasteiger partial charge in [0, 0.05) is 13.0 Å². The monoisotopic (exact) mass is 604 g/mol. The Hall–Kier alpha value is -2.41. The first-order valence-corrected chi connectivity index (χ1v) is 17.0. The average molecular weight is 605 g/mol. The van der Waals surface area contributed by atoms with Gasteiger partial charge in [-0.15, -0.1) is 0 Å². The van der Waals surface area contributed by atoms with Crippen molar-refractivity contribution >= 4 is 21.7 Å². The van der Waals surface area contributed by atoms with Crippen LogP contribution in [0.15, 0.2) is 30.3 Å². The molecular formula is C33H52N2O6S. The first-order chi connectivity index (χ1) is 19.7. The first kappa shape index (κ1) is 35.8. The highest BCUT2D eigenvalue weighted by molar-refractivity contribution is 7.92. The van der Waals surface area contributed by atoms with Crippen LogP contribution in [0.1, 0.15) is 91.5 Å². The van der Waals surface area contributed by atoms with Crippen molar-refractivity contribution in [1.82, 2.24) is 10.6 Å². The molecule has 0 aromatic heterocycles. The number of rotatable bonds is 14. The van der Waals surface area contributed by atoms with E-state index in [4.69, 9.17) is 0 Å². The minimum Gasteiger partial charge on any atom is -0.390 e. The van der Waals surface area contributed by atoms with E-state index in [1.807, 2.05) is 44.2 Å². The van der Waals surface area contributed by atoms with Gasteiger partial charge in [0.05, 0.1) is 28.6 Å². The maximum Gasteiger partial charge on any atom is 0.296 e. The molecule has 9 heteroatoms. The van der Waals surface area contributed by atoms with Gasteiger partial charge in [0.1, 0.15) is 6.10 Å². The van der Waals surface area contributed by atoms with Crippen LogP contribution < -0.4 is 10.6 Å². The third-order valence-electron chi connectivity index (χ3n) is 7.95. The molecule has 0 aliphatic heterocycles. The van der Waals surface area contributed by atoms with E-state index in [9.17, 15) is 28.2 Å². The Bertz CT molecular complexity index is 1140. The van der Waals surface area contributed by atoms with Crippen LogP contribution in [0.4, 0.5) is 0 Å². The third kappa shape index (κ3) is 12.4. The molecule has 4 N–H and O–H groups in total. The number of aliphatic hydroxyl groups is 2. The van der Waals surface area contributed by atoms with Gasteiger partial charge in [-0.05, 0) is 63.4 Å². The van der Waals surface area contributed by atoms with E-state index in [2.05, 4.69) is 22.5 Å². The zero-order chi connectivity index (χ0) is 31.3. The van der Waals surface area contributed by atoms with E-state index in [0.717, 1.165) is 31.2 Å². The smallest absolute Gasteiger partial charge is 0.296 e. The second-order valence-electron chi connectivity index (χ2n) is 13.1. The predicted molar refractivity (Wildman–Crippen MR) is 167 cm³/mol. The Morgan fingerprint density at radius 2 is 1.69 bits per heavy atom. The standard InChI is InChI=1S/C33H52N2O6S/c1-24(2)20-29(36)31(38)28(22-26-16-10-7-11-17-26)35-30(37)18-12-13-19-34-32(39)27(21-25-14-8-6-9-15-25)23-42(40,41)33(3,4)5/h6,8-9,14-15,24,26-29,31,36,38H,7,10-11,13,16-17,19-23H2,1-5H3,(H,34,39)(H,35,37)/t27-,28+,29-,31+/m0/s1. The summed E-state index contributed by atoms with van der Waals surface area (Å²) in [4.78, 5) is 25.7. The Morgan fingerprint density at radius 1 is 1.05 bits per heavy atom. The van der Waals surface area contributed by atoms with Crippen LogP contribution >= 0.6 is 0 Å². The number of sulfone groups is 1. The lowest BCUT2D eigenvalue weighted by Crippen LogP contribution is -2.49. The fourth-order valence-electron chi connectivity index (χ4n) is 5.34. The molecule has 2 amide bonds. The topological polar surface area (TPSA) is 133 Å². The average Bonchev–Trinajstić information content (AvgIpc) is 2.91. The van der Waals surface area contributed by atoms with Gasteiger partial charge in [0.2, 0.25) is 5.91 Å². The SMILES string of the molecule is CC(C)C[C@H](O)[C@H](O)[C@@H](CC1CCCCC1)NC(=O)C#CCCNC(=O)[C@@H](Cc1ccccc1)CS(=O)(=O)C(C)(C)C. The van der Waals surface area contributed by atoms with Crippen molar-refractivity contribution in [1.29, 1.82) is 0 Å². The van der Waals surface area contributed by atoms with Gasteiger partial charge in [-0.25, -0.2) is 8.42 Å². The highest BCUT2D eigenvalue weighted by Gasteiger charge is 2.34. The molecule has 0 bridgehead atoms. The van der Waals surface area contributed by atoms with Crippen LogP contribution in [-0.2, 0) is 25.8 Å². The maximum absolute atomic E-state index is 13.0. The summed E-state index contributed by atoms with van der Waals surface area (Å²) >= 11 is 0. The van der Waals surface area contributed by atoms with Crippen molar-refractivity contribution in [2.45, 2.75) is 115 Å². The Labute approximate surface area is 253 Å².